The summed E-state index contributed by atoms with van der Waals surface area (Å²) in [5.74, 6) is -0.462. The zero-order valence-corrected chi connectivity index (χ0v) is 13.2. The highest BCUT2D eigenvalue weighted by Crippen LogP contribution is 2.29. The molecule has 2 N–H and O–H groups in total. The Balaban J connectivity index is 1.59. The summed E-state index contributed by atoms with van der Waals surface area (Å²) in [6, 6.07) is 15.5. The van der Waals surface area contributed by atoms with Crippen LogP contribution in [0.4, 0.5) is 10.1 Å². The number of thiophene rings is 1. The fourth-order valence-electron chi connectivity index (χ4n) is 2.49. The topological polar surface area (TPSA) is 57.8 Å². The Morgan fingerprint density at radius 3 is 2.75 bits per heavy atom. The van der Waals surface area contributed by atoms with Crippen LogP contribution in [-0.2, 0) is 0 Å². The molecule has 2 aromatic carbocycles. The van der Waals surface area contributed by atoms with Gasteiger partial charge < -0.3 is 5.32 Å². The molecule has 0 radical (unpaired) electrons. The maximum absolute atomic E-state index is 13.0. The van der Waals surface area contributed by atoms with Gasteiger partial charge in [0.05, 0.1) is 22.3 Å². The molecule has 6 heteroatoms. The summed E-state index contributed by atoms with van der Waals surface area (Å²) in [4.78, 5) is 14.0. The Hall–Kier alpha value is -2.99. The molecule has 0 bridgehead atoms. The van der Waals surface area contributed by atoms with Crippen molar-refractivity contribution in [2.75, 3.05) is 5.32 Å². The first-order chi connectivity index (χ1) is 11.7. The number of H-pyrrole nitrogens is 1. The van der Waals surface area contributed by atoms with Crippen LogP contribution < -0.4 is 5.32 Å². The molecule has 0 spiro atoms. The lowest BCUT2D eigenvalue weighted by molar-refractivity contribution is 0.103. The van der Waals surface area contributed by atoms with Crippen LogP contribution in [0.15, 0.2) is 60.8 Å². The van der Waals surface area contributed by atoms with Gasteiger partial charge in [0.15, 0.2) is 0 Å². The lowest BCUT2D eigenvalue weighted by Crippen LogP contribution is -2.10. The van der Waals surface area contributed by atoms with E-state index in [2.05, 4.69) is 15.5 Å². The van der Waals surface area contributed by atoms with Gasteiger partial charge in [0.2, 0.25) is 0 Å². The molecule has 0 aliphatic rings. The molecular weight excluding hydrogens is 325 g/mol. The number of hydrogen-bond acceptors (Lipinski definition) is 3. The quantitative estimate of drug-likeness (QED) is 0.570. The van der Waals surface area contributed by atoms with Gasteiger partial charge in [-0.05, 0) is 35.9 Å². The number of nitrogens with zero attached hydrogens (tertiary/aromatic N) is 1. The van der Waals surface area contributed by atoms with Crippen molar-refractivity contribution in [1.29, 1.82) is 0 Å². The molecule has 1 amide bonds. The first-order valence-electron chi connectivity index (χ1n) is 7.30. The number of rotatable bonds is 3. The molecule has 0 atom stereocenters. The number of anilines is 1. The van der Waals surface area contributed by atoms with Crippen molar-refractivity contribution in [3.8, 4) is 10.4 Å². The van der Waals surface area contributed by atoms with Gasteiger partial charge in [-0.1, -0.05) is 24.3 Å². The van der Waals surface area contributed by atoms with Crippen molar-refractivity contribution < 1.29 is 9.18 Å². The third-order valence-corrected chi connectivity index (χ3v) is 4.82. The number of halogens is 1. The average molecular weight is 337 g/mol. The standard InChI is InChI=1S/C18H12FN3OS/c19-13-6-4-11(5-7-13)15-8-9-16(24-15)18(23)21-14-3-1-2-12-10-20-22-17(12)14/h1-10H,(H,20,22)(H,21,23). The van der Waals surface area contributed by atoms with Crippen molar-refractivity contribution in [1.82, 2.24) is 10.2 Å². The Labute approximate surface area is 141 Å². The van der Waals surface area contributed by atoms with Crippen LogP contribution in [0.3, 0.4) is 0 Å². The van der Waals surface area contributed by atoms with E-state index in [1.807, 2.05) is 24.3 Å². The summed E-state index contributed by atoms with van der Waals surface area (Å²) in [5.41, 5.74) is 2.36. The van der Waals surface area contributed by atoms with E-state index in [0.29, 0.717) is 10.6 Å². The predicted octanol–water partition coefficient (Wildman–Crippen LogP) is 4.68. The first kappa shape index (κ1) is 14.6. The largest absolute Gasteiger partial charge is 0.319 e. The van der Waals surface area contributed by atoms with Crippen LogP contribution in [0.1, 0.15) is 9.67 Å². The predicted molar refractivity (Wildman–Crippen MR) is 93.8 cm³/mol. The van der Waals surface area contributed by atoms with E-state index in [4.69, 9.17) is 0 Å². The molecule has 0 aliphatic carbocycles. The van der Waals surface area contributed by atoms with Gasteiger partial charge in [0, 0.05) is 10.3 Å². The van der Waals surface area contributed by atoms with Gasteiger partial charge in [0.25, 0.3) is 5.91 Å². The molecular formula is C18H12FN3OS. The van der Waals surface area contributed by atoms with Crippen molar-refractivity contribution in [2.24, 2.45) is 0 Å². The molecule has 4 rings (SSSR count). The highest BCUT2D eigenvalue weighted by molar-refractivity contribution is 7.17. The SMILES string of the molecule is O=C(Nc1cccc2cn[nH]c12)c1ccc(-c2ccc(F)cc2)s1. The number of nitrogens with one attached hydrogen (secondary N) is 2. The van der Waals surface area contributed by atoms with Crippen LogP contribution in [0, 0.1) is 5.82 Å². The maximum Gasteiger partial charge on any atom is 0.265 e. The van der Waals surface area contributed by atoms with E-state index in [1.54, 1.807) is 24.4 Å². The molecule has 2 aromatic heterocycles. The summed E-state index contributed by atoms with van der Waals surface area (Å²) >= 11 is 1.37. The second-order valence-electron chi connectivity index (χ2n) is 5.26. The minimum absolute atomic E-state index is 0.185. The van der Waals surface area contributed by atoms with Crippen LogP contribution in [-0.4, -0.2) is 16.1 Å². The fraction of sp³-hybridized carbons (Fsp3) is 0. The minimum Gasteiger partial charge on any atom is -0.319 e. The van der Waals surface area contributed by atoms with Gasteiger partial charge in [-0.3, -0.25) is 9.89 Å². The summed E-state index contributed by atoms with van der Waals surface area (Å²) < 4.78 is 13.0. The lowest BCUT2D eigenvalue weighted by Gasteiger charge is -2.04. The summed E-state index contributed by atoms with van der Waals surface area (Å²) in [7, 11) is 0. The maximum atomic E-state index is 13.0. The molecule has 0 fully saturated rings. The highest BCUT2D eigenvalue weighted by atomic mass is 32.1. The van der Waals surface area contributed by atoms with Gasteiger partial charge >= 0.3 is 0 Å². The number of para-hydroxylation sites is 1. The Morgan fingerprint density at radius 2 is 1.92 bits per heavy atom. The number of carbonyl (C=O) groups is 1. The number of benzene rings is 2. The van der Waals surface area contributed by atoms with Gasteiger partial charge in [-0.15, -0.1) is 11.3 Å². The zero-order valence-electron chi connectivity index (χ0n) is 12.4. The number of hydrogen-bond donors (Lipinski definition) is 2. The number of aromatic amines is 1. The van der Waals surface area contributed by atoms with E-state index >= 15 is 0 Å². The fourth-order valence-corrected chi connectivity index (χ4v) is 3.39. The Morgan fingerprint density at radius 1 is 1.08 bits per heavy atom. The normalized spacial score (nSPS) is 10.9. The van der Waals surface area contributed by atoms with E-state index in [-0.39, 0.29) is 11.7 Å². The average Bonchev–Trinajstić information content (AvgIpc) is 3.25. The molecule has 0 unspecified atom stereocenters. The van der Waals surface area contributed by atoms with Crippen molar-refractivity contribution >= 4 is 33.8 Å². The highest BCUT2D eigenvalue weighted by Gasteiger charge is 2.12. The smallest absolute Gasteiger partial charge is 0.265 e. The summed E-state index contributed by atoms with van der Waals surface area (Å²) in [6.07, 6.45) is 1.71. The molecule has 4 aromatic rings. The van der Waals surface area contributed by atoms with Gasteiger partial charge in [-0.2, -0.15) is 5.10 Å². The van der Waals surface area contributed by atoms with Gasteiger partial charge in [-0.25, -0.2) is 4.39 Å². The second kappa shape index (κ2) is 5.90. The van der Waals surface area contributed by atoms with Crippen LogP contribution in [0.25, 0.3) is 21.3 Å². The molecule has 118 valence electrons. The molecule has 4 nitrogen and oxygen atoms in total. The van der Waals surface area contributed by atoms with Crippen molar-refractivity contribution in [2.45, 2.75) is 0 Å². The third kappa shape index (κ3) is 2.68. The number of amides is 1. The van der Waals surface area contributed by atoms with E-state index in [1.165, 1.54) is 23.5 Å². The van der Waals surface area contributed by atoms with E-state index < -0.39 is 0 Å². The molecule has 2 heterocycles. The zero-order chi connectivity index (χ0) is 16.5. The van der Waals surface area contributed by atoms with Crippen molar-refractivity contribution in [3.05, 3.63) is 71.5 Å². The van der Waals surface area contributed by atoms with Crippen LogP contribution >= 0.6 is 11.3 Å². The molecule has 0 aliphatic heterocycles. The lowest BCUT2D eigenvalue weighted by atomic mass is 10.2. The Bertz CT molecular complexity index is 1020. The van der Waals surface area contributed by atoms with Crippen LogP contribution in [0.2, 0.25) is 0 Å². The van der Waals surface area contributed by atoms with Crippen LogP contribution in [0.5, 0.6) is 0 Å². The third-order valence-electron chi connectivity index (χ3n) is 3.68. The van der Waals surface area contributed by atoms with Gasteiger partial charge in [0.1, 0.15) is 5.82 Å². The summed E-state index contributed by atoms with van der Waals surface area (Å²) in [5, 5.41) is 10.7. The number of aromatic nitrogens is 2. The molecule has 24 heavy (non-hydrogen) atoms. The number of carbonyl (C=O) groups excluding carboxylic acids is 1. The monoisotopic (exact) mass is 337 g/mol. The molecule has 0 saturated carbocycles. The Kier molecular flexibility index (Phi) is 3.59. The van der Waals surface area contributed by atoms with Crippen molar-refractivity contribution in [3.63, 3.8) is 0 Å². The van der Waals surface area contributed by atoms with E-state index in [0.717, 1.165) is 21.3 Å². The summed E-state index contributed by atoms with van der Waals surface area (Å²) in [6.45, 7) is 0. The number of fused-ring (bicyclic) bond motifs is 1. The molecule has 0 saturated heterocycles. The first-order valence-corrected chi connectivity index (χ1v) is 8.11. The van der Waals surface area contributed by atoms with E-state index in [9.17, 15) is 9.18 Å². The minimum atomic E-state index is -0.277. The second-order valence-corrected chi connectivity index (χ2v) is 6.35.